The molecule has 1 N–H and O–H groups in total. The third-order valence-electron chi connectivity index (χ3n) is 2.59. The highest BCUT2D eigenvalue weighted by atomic mass is 35.5. The number of benzene rings is 1. The highest BCUT2D eigenvalue weighted by Crippen LogP contribution is 2.22. The quantitative estimate of drug-likeness (QED) is 0.914. The number of rotatable bonds is 3. The highest BCUT2D eigenvalue weighted by molar-refractivity contribution is 6.31. The fourth-order valence-corrected chi connectivity index (χ4v) is 1.82. The van der Waals surface area contributed by atoms with Crippen molar-refractivity contribution in [2.24, 2.45) is 7.05 Å². The second-order valence-electron chi connectivity index (χ2n) is 3.63. The first-order valence-corrected chi connectivity index (χ1v) is 5.50. The van der Waals surface area contributed by atoms with Gasteiger partial charge in [-0.3, -0.25) is 0 Å². The molecule has 1 aromatic heterocycles. The molecule has 0 amide bonds. The van der Waals surface area contributed by atoms with Crippen molar-refractivity contribution in [1.82, 2.24) is 14.8 Å². The average Bonchev–Trinajstić information content (AvgIpc) is 2.65. The second-order valence-corrected chi connectivity index (χ2v) is 4.03. The molecule has 4 nitrogen and oxygen atoms in total. The lowest BCUT2D eigenvalue weighted by molar-refractivity contribution is 0.610. The van der Waals surface area contributed by atoms with Crippen LogP contribution in [0.1, 0.15) is 11.4 Å². The van der Waals surface area contributed by atoms with E-state index in [4.69, 9.17) is 11.6 Å². The van der Waals surface area contributed by atoms with Gasteiger partial charge in [0.05, 0.1) is 0 Å². The van der Waals surface area contributed by atoms with Crippen molar-refractivity contribution in [2.45, 2.75) is 6.42 Å². The van der Waals surface area contributed by atoms with E-state index in [0.29, 0.717) is 28.8 Å². The number of aromatic nitrogens is 3. The summed E-state index contributed by atoms with van der Waals surface area (Å²) in [7, 11) is 3.57. The molecule has 17 heavy (non-hydrogen) atoms. The van der Waals surface area contributed by atoms with Crippen molar-refractivity contribution in [1.29, 1.82) is 0 Å². The van der Waals surface area contributed by atoms with Gasteiger partial charge < -0.3 is 9.88 Å². The number of anilines is 1. The van der Waals surface area contributed by atoms with Crippen LogP contribution in [0.3, 0.4) is 0 Å². The summed E-state index contributed by atoms with van der Waals surface area (Å²) in [4.78, 5) is 0. The van der Waals surface area contributed by atoms with E-state index in [2.05, 4.69) is 15.5 Å². The van der Waals surface area contributed by atoms with Crippen molar-refractivity contribution in [3.8, 4) is 0 Å². The maximum Gasteiger partial charge on any atom is 0.224 e. The first-order valence-electron chi connectivity index (χ1n) is 5.12. The summed E-state index contributed by atoms with van der Waals surface area (Å²) in [6, 6.07) is 4.63. The summed E-state index contributed by atoms with van der Waals surface area (Å²) in [6.07, 6.45) is 0.316. The van der Waals surface area contributed by atoms with Crippen molar-refractivity contribution in [3.63, 3.8) is 0 Å². The molecule has 2 aromatic rings. The molecule has 0 radical (unpaired) electrons. The molecule has 0 aliphatic heterocycles. The number of nitrogens with zero attached hydrogens (tertiary/aromatic N) is 3. The lowest BCUT2D eigenvalue weighted by Gasteiger charge is -2.06. The SMILES string of the molecule is CNc1nnc(Cc2c(F)cccc2Cl)n1C. The molecule has 0 atom stereocenters. The zero-order valence-electron chi connectivity index (χ0n) is 9.54. The molecule has 1 heterocycles. The molecule has 0 unspecified atom stereocenters. The van der Waals surface area contributed by atoms with Gasteiger partial charge in [0.1, 0.15) is 11.6 Å². The Kier molecular flexibility index (Phi) is 3.28. The smallest absolute Gasteiger partial charge is 0.224 e. The lowest BCUT2D eigenvalue weighted by atomic mass is 10.1. The van der Waals surface area contributed by atoms with Crippen LogP contribution in [0.2, 0.25) is 5.02 Å². The Hall–Kier alpha value is -1.62. The largest absolute Gasteiger partial charge is 0.357 e. The first-order chi connectivity index (χ1) is 8.13. The minimum atomic E-state index is -0.327. The standard InChI is InChI=1S/C11H12ClFN4/c1-14-11-16-15-10(17(11)2)6-7-8(12)4-3-5-9(7)13/h3-5H,6H2,1-2H3,(H,14,16). The fraction of sp³-hybridized carbons (Fsp3) is 0.273. The van der Waals surface area contributed by atoms with Crippen LogP contribution in [-0.2, 0) is 13.5 Å². The molecule has 0 saturated carbocycles. The second kappa shape index (κ2) is 4.71. The Morgan fingerprint density at radius 3 is 2.76 bits per heavy atom. The zero-order valence-corrected chi connectivity index (χ0v) is 10.3. The van der Waals surface area contributed by atoms with E-state index in [1.165, 1.54) is 6.07 Å². The highest BCUT2D eigenvalue weighted by Gasteiger charge is 2.13. The molecule has 0 aliphatic carbocycles. The van der Waals surface area contributed by atoms with Crippen LogP contribution >= 0.6 is 11.6 Å². The van der Waals surface area contributed by atoms with Gasteiger partial charge in [0.2, 0.25) is 5.95 Å². The number of hydrogen-bond acceptors (Lipinski definition) is 3. The predicted octanol–water partition coefficient (Wildman–Crippen LogP) is 2.24. The van der Waals surface area contributed by atoms with Crippen molar-refractivity contribution in [3.05, 3.63) is 40.4 Å². The van der Waals surface area contributed by atoms with Crippen molar-refractivity contribution in [2.75, 3.05) is 12.4 Å². The average molecular weight is 255 g/mol. The zero-order chi connectivity index (χ0) is 12.4. The van der Waals surface area contributed by atoms with Crippen LogP contribution in [0.5, 0.6) is 0 Å². The van der Waals surface area contributed by atoms with Gasteiger partial charge in [-0.1, -0.05) is 17.7 Å². The van der Waals surface area contributed by atoms with E-state index in [9.17, 15) is 4.39 Å². The molecule has 2 rings (SSSR count). The van der Waals surface area contributed by atoms with Gasteiger partial charge in [-0.05, 0) is 12.1 Å². The minimum Gasteiger partial charge on any atom is -0.357 e. The Labute approximate surface area is 103 Å². The summed E-state index contributed by atoms with van der Waals surface area (Å²) in [5.41, 5.74) is 0.437. The number of hydrogen-bond donors (Lipinski definition) is 1. The normalized spacial score (nSPS) is 10.6. The maximum atomic E-state index is 13.6. The minimum absolute atomic E-state index is 0.316. The molecular formula is C11H12ClFN4. The van der Waals surface area contributed by atoms with Gasteiger partial charge in [0.25, 0.3) is 0 Å². The van der Waals surface area contributed by atoms with Gasteiger partial charge in [0.15, 0.2) is 0 Å². The molecule has 0 saturated heterocycles. The molecule has 0 aliphatic rings. The van der Waals surface area contributed by atoms with E-state index in [1.807, 2.05) is 7.05 Å². The van der Waals surface area contributed by atoms with Gasteiger partial charge in [-0.15, -0.1) is 10.2 Å². The van der Waals surface area contributed by atoms with Gasteiger partial charge in [-0.25, -0.2) is 4.39 Å². The molecular weight excluding hydrogens is 243 g/mol. The van der Waals surface area contributed by atoms with Crippen LogP contribution in [0.15, 0.2) is 18.2 Å². The summed E-state index contributed by atoms with van der Waals surface area (Å²) in [5.74, 6) is 0.959. The van der Waals surface area contributed by atoms with Crippen molar-refractivity contribution < 1.29 is 4.39 Å². The third kappa shape index (κ3) is 2.24. The van der Waals surface area contributed by atoms with Crippen LogP contribution in [0.4, 0.5) is 10.3 Å². The van der Waals surface area contributed by atoms with Crippen LogP contribution in [0, 0.1) is 5.82 Å². The molecule has 0 bridgehead atoms. The fourth-order valence-electron chi connectivity index (χ4n) is 1.59. The third-order valence-corrected chi connectivity index (χ3v) is 2.94. The van der Waals surface area contributed by atoms with E-state index in [0.717, 1.165) is 0 Å². The van der Waals surface area contributed by atoms with E-state index in [-0.39, 0.29) is 5.82 Å². The Morgan fingerprint density at radius 1 is 1.41 bits per heavy atom. The monoisotopic (exact) mass is 254 g/mol. The van der Waals surface area contributed by atoms with Crippen molar-refractivity contribution >= 4 is 17.5 Å². The Morgan fingerprint density at radius 2 is 2.18 bits per heavy atom. The molecule has 0 fully saturated rings. The van der Waals surface area contributed by atoms with E-state index in [1.54, 1.807) is 23.7 Å². The molecule has 6 heteroatoms. The van der Waals surface area contributed by atoms with Crippen LogP contribution in [0.25, 0.3) is 0 Å². The van der Waals surface area contributed by atoms with Gasteiger partial charge in [-0.2, -0.15) is 0 Å². The van der Waals surface area contributed by atoms with Gasteiger partial charge in [0, 0.05) is 31.1 Å². The predicted molar refractivity (Wildman–Crippen MR) is 64.8 cm³/mol. The molecule has 0 spiro atoms. The van der Waals surface area contributed by atoms with Crippen LogP contribution in [-0.4, -0.2) is 21.8 Å². The summed E-state index contributed by atoms with van der Waals surface area (Å²) >= 11 is 5.96. The first kappa shape index (κ1) is 11.9. The van der Waals surface area contributed by atoms with E-state index >= 15 is 0 Å². The Bertz CT molecular complexity index is 518. The lowest BCUT2D eigenvalue weighted by Crippen LogP contribution is -2.04. The summed E-state index contributed by atoms with van der Waals surface area (Å²) in [6.45, 7) is 0. The summed E-state index contributed by atoms with van der Waals surface area (Å²) in [5, 5.41) is 11.2. The number of nitrogens with one attached hydrogen (secondary N) is 1. The van der Waals surface area contributed by atoms with Gasteiger partial charge >= 0.3 is 0 Å². The van der Waals surface area contributed by atoms with Crippen LogP contribution < -0.4 is 5.32 Å². The molecule has 1 aromatic carbocycles. The Balaban J connectivity index is 2.35. The number of halogens is 2. The molecule has 90 valence electrons. The maximum absolute atomic E-state index is 13.6. The van der Waals surface area contributed by atoms with E-state index < -0.39 is 0 Å². The summed E-state index contributed by atoms with van der Waals surface area (Å²) < 4.78 is 15.4. The topological polar surface area (TPSA) is 42.7 Å².